The van der Waals surface area contributed by atoms with Crippen LogP contribution in [0.5, 0.6) is 5.75 Å². The fraction of sp³-hybridized carbons (Fsp3) is 0.500. The second-order valence-electron chi connectivity index (χ2n) is 9.39. The molecule has 34 heavy (non-hydrogen) atoms. The van der Waals surface area contributed by atoms with Crippen LogP contribution < -0.4 is 10.1 Å². The number of nitrogens with one attached hydrogen (secondary N) is 1. The molecule has 186 valence electrons. The number of methoxy groups -OCH3 is 1. The molecule has 0 aromatic heterocycles. The highest BCUT2D eigenvalue weighted by atomic mass is 79.9. The molecule has 1 saturated heterocycles. The van der Waals surface area contributed by atoms with Crippen molar-refractivity contribution in [1.29, 1.82) is 0 Å². The number of ether oxygens (including phenoxy) is 1. The monoisotopic (exact) mass is 550 g/mol. The standard InChI is InChI=1S/C26H35BrN2O4S/c1-17(2)23-15-24(18(3)14-25(23)33-5)19(4)28-26(30)21-10-12-29(13-11-21)34(31,32)16-20-6-8-22(27)9-7-20/h6-9,14-15,17,19,21H,10-13,16H2,1-5H3,(H,28,30)/t19-/m0/s1. The fourth-order valence-electron chi connectivity index (χ4n) is 4.50. The molecule has 2 aromatic rings. The van der Waals surface area contributed by atoms with Crippen LogP contribution in [0.2, 0.25) is 0 Å². The number of halogens is 1. The summed E-state index contributed by atoms with van der Waals surface area (Å²) in [4.78, 5) is 13.0. The summed E-state index contributed by atoms with van der Waals surface area (Å²) in [5, 5.41) is 3.16. The Bertz CT molecular complexity index is 1110. The van der Waals surface area contributed by atoms with Crippen LogP contribution in [0.3, 0.4) is 0 Å². The number of nitrogens with zero attached hydrogens (tertiary/aromatic N) is 1. The maximum absolute atomic E-state index is 13.0. The summed E-state index contributed by atoms with van der Waals surface area (Å²) in [5.41, 5.74) is 4.02. The smallest absolute Gasteiger partial charge is 0.223 e. The van der Waals surface area contributed by atoms with E-state index in [-0.39, 0.29) is 23.6 Å². The van der Waals surface area contributed by atoms with Crippen LogP contribution >= 0.6 is 15.9 Å². The maximum atomic E-state index is 13.0. The molecule has 0 bridgehead atoms. The lowest BCUT2D eigenvalue weighted by atomic mass is 9.92. The van der Waals surface area contributed by atoms with Crippen molar-refractivity contribution in [1.82, 2.24) is 9.62 Å². The molecule has 0 saturated carbocycles. The van der Waals surface area contributed by atoms with Gasteiger partial charge in [-0.15, -0.1) is 0 Å². The highest BCUT2D eigenvalue weighted by Crippen LogP contribution is 2.32. The van der Waals surface area contributed by atoms with Crippen molar-refractivity contribution in [2.75, 3.05) is 20.2 Å². The van der Waals surface area contributed by atoms with Gasteiger partial charge in [0.15, 0.2) is 0 Å². The van der Waals surface area contributed by atoms with E-state index in [0.29, 0.717) is 31.8 Å². The van der Waals surface area contributed by atoms with Gasteiger partial charge in [0.05, 0.1) is 18.9 Å². The highest BCUT2D eigenvalue weighted by molar-refractivity contribution is 9.10. The van der Waals surface area contributed by atoms with E-state index in [2.05, 4.69) is 41.2 Å². The zero-order valence-corrected chi connectivity index (χ0v) is 23.0. The van der Waals surface area contributed by atoms with Crippen molar-refractivity contribution in [3.05, 3.63) is 63.1 Å². The predicted molar refractivity (Wildman–Crippen MR) is 139 cm³/mol. The van der Waals surface area contributed by atoms with E-state index < -0.39 is 10.0 Å². The number of hydrogen-bond acceptors (Lipinski definition) is 4. The van der Waals surface area contributed by atoms with Gasteiger partial charge in [-0.05, 0) is 79.1 Å². The third-order valence-corrected chi connectivity index (χ3v) is 8.92. The molecule has 1 fully saturated rings. The predicted octanol–water partition coefficient (Wildman–Crippen LogP) is 5.31. The Hall–Kier alpha value is -1.90. The highest BCUT2D eigenvalue weighted by Gasteiger charge is 2.32. The molecule has 2 aromatic carbocycles. The SMILES string of the molecule is COc1cc(C)c([C@H](C)NC(=O)C2CCN(S(=O)(=O)Cc3ccc(Br)cc3)CC2)cc1C(C)C. The number of aryl methyl sites for hydroxylation is 1. The summed E-state index contributed by atoms with van der Waals surface area (Å²) in [5.74, 6) is 0.944. The van der Waals surface area contributed by atoms with Gasteiger partial charge in [-0.25, -0.2) is 12.7 Å². The van der Waals surface area contributed by atoms with Gasteiger partial charge in [0, 0.05) is 23.5 Å². The Morgan fingerprint density at radius 2 is 1.74 bits per heavy atom. The van der Waals surface area contributed by atoms with Crippen LogP contribution in [-0.4, -0.2) is 38.8 Å². The maximum Gasteiger partial charge on any atom is 0.223 e. The van der Waals surface area contributed by atoms with Crippen LogP contribution in [-0.2, 0) is 20.6 Å². The molecule has 8 heteroatoms. The first-order chi connectivity index (χ1) is 16.0. The number of amides is 1. The van der Waals surface area contributed by atoms with Crippen molar-refractivity contribution in [3.8, 4) is 5.75 Å². The van der Waals surface area contributed by atoms with Crippen molar-refractivity contribution in [3.63, 3.8) is 0 Å². The lowest BCUT2D eigenvalue weighted by Crippen LogP contribution is -2.43. The molecule has 1 amide bonds. The molecule has 6 nitrogen and oxygen atoms in total. The topological polar surface area (TPSA) is 75.7 Å². The Morgan fingerprint density at radius 1 is 1.12 bits per heavy atom. The minimum Gasteiger partial charge on any atom is -0.496 e. The molecule has 0 radical (unpaired) electrons. The lowest BCUT2D eigenvalue weighted by molar-refractivity contribution is -0.126. The summed E-state index contributed by atoms with van der Waals surface area (Å²) in [6.45, 7) is 9.00. The van der Waals surface area contributed by atoms with Crippen LogP contribution in [0.4, 0.5) is 0 Å². The van der Waals surface area contributed by atoms with Gasteiger partial charge >= 0.3 is 0 Å². The summed E-state index contributed by atoms with van der Waals surface area (Å²) >= 11 is 3.37. The minimum atomic E-state index is -3.42. The van der Waals surface area contributed by atoms with Gasteiger partial charge in [-0.2, -0.15) is 0 Å². The van der Waals surface area contributed by atoms with E-state index in [0.717, 1.165) is 32.5 Å². The van der Waals surface area contributed by atoms with E-state index in [9.17, 15) is 13.2 Å². The quantitative estimate of drug-likeness (QED) is 0.483. The first-order valence-corrected chi connectivity index (χ1v) is 14.1. The molecular weight excluding hydrogens is 516 g/mol. The number of carbonyl (C=O) groups excluding carboxylic acids is 1. The van der Waals surface area contributed by atoms with Crippen LogP contribution in [0.15, 0.2) is 40.9 Å². The van der Waals surface area contributed by atoms with Crippen LogP contribution in [0, 0.1) is 12.8 Å². The van der Waals surface area contributed by atoms with Gasteiger partial charge in [-0.3, -0.25) is 4.79 Å². The molecule has 1 N–H and O–H groups in total. The van der Waals surface area contributed by atoms with Gasteiger partial charge < -0.3 is 10.1 Å². The van der Waals surface area contributed by atoms with Crippen molar-refractivity contribution in [2.24, 2.45) is 5.92 Å². The first-order valence-electron chi connectivity index (χ1n) is 11.7. The zero-order chi connectivity index (χ0) is 25.0. The molecular formula is C26H35BrN2O4S. The largest absolute Gasteiger partial charge is 0.496 e. The molecule has 1 atom stereocenters. The normalized spacial score (nSPS) is 16.4. The Balaban J connectivity index is 1.60. The fourth-order valence-corrected chi connectivity index (χ4v) is 6.33. The summed E-state index contributed by atoms with van der Waals surface area (Å²) in [6.07, 6.45) is 1.05. The molecule has 0 aliphatic carbocycles. The molecule has 3 rings (SSSR count). The third-order valence-electron chi connectivity index (χ3n) is 6.55. The van der Waals surface area contributed by atoms with E-state index in [1.807, 2.05) is 44.2 Å². The second-order valence-corrected chi connectivity index (χ2v) is 12.3. The van der Waals surface area contributed by atoms with Crippen LogP contribution in [0.1, 0.15) is 67.8 Å². The molecule has 1 aliphatic rings. The number of hydrogen-bond donors (Lipinski definition) is 1. The summed E-state index contributed by atoms with van der Waals surface area (Å²) in [6, 6.07) is 11.3. The number of sulfonamides is 1. The molecule has 0 unspecified atom stereocenters. The summed E-state index contributed by atoms with van der Waals surface area (Å²) < 4.78 is 33.7. The van der Waals surface area contributed by atoms with Gasteiger partial charge in [0.1, 0.15) is 5.75 Å². The Morgan fingerprint density at radius 3 is 2.29 bits per heavy atom. The molecule has 1 aliphatic heterocycles. The number of carbonyl (C=O) groups is 1. The van der Waals surface area contributed by atoms with Crippen molar-refractivity contribution < 1.29 is 17.9 Å². The number of rotatable bonds is 8. The second kappa shape index (κ2) is 11.2. The van der Waals surface area contributed by atoms with Gasteiger partial charge in [-0.1, -0.05) is 41.9 Å². The number of benzene rings is 2. The van der Waals surface area contributed by atoms with Crippen molar-refractivity contribution >= 4 is 31.9 Å². The van der Waals surface area contributed by atoms with E-state index >= 15 is 0 Å². The van der Waals surface area contributed by atoms with Gasteiger partial charge in [0.2, 0.25) is 15.9 Å². The lowest BCUT2D eigenvalue weighted by Gasteiger charge is -2.31. The van der Waals surface area contributed by atoms with Crippen LogP contribution in [0.25, 0.3) is 0 Å². The average molecular weight is 552 g/mol. The molecule has 0 spiro atoms. The molecule has 1 heterocycles. The number of piperidine rings is 1. The first kappa shape index (κ1) is 26.7. The van der Waals surface area contributed by atoms with Gasteiger partial charge in [0.25, 0.3) is 0 Å². The third kappa shape index (κ3) is 6.40. The zero-order valence-electron chi connectivity index (χ0n) is 20.6. The Kier molecular flexibility index (Phi) is 8.82. The van der Waals surface area contributed by atoms with E-state index in [1.165, 1.54) is 4.31 Å². The average Bonchev–Trinajstić information content (AvgIpc) is 2.79. The van der Waals surface area contributed by atoms with E-state index in [4.69, 9.17) is 4.74 Å². The minimum absolute atomic E-state index is 0.0150. The van der Waals surface area contributed by atoms with Crippen molar-refractivity contribution in [2.45, 2.75) is 58.2 Å². The summed E-state index contributed by atoms with van der Waals surface area (Å²) in [7, 11) is -1.74. The Labute approximate surface area is 212 Å². The van der Waals surface area contributed by atoms with E-state index in [1.54, 1.807) is 7.11 Å².